The number of hydrogen-bond donors (Lipinski definition) is 1. The number of nitrogens with one attached hydrogen (secondary N) is 1. The maximum absolute atomic E-state index is 14.1. The van der Waals surface area contributed by atoms with E-state index < -0.39 is 12.1 Å². The lowest BCUT2D eigenvalue weighted by molar-refractivity contribution is -0.139. The van der Waals surface area contributed by atoms with Crippen LogP contribution < -0.4 is 10.2 Å². The zero-order valence-corrected chi connectivity index (χ0v) is 24.2. The highest BCUT2D eigenvalue weighted by Crippen LogP contribution is 2.42. The smallest absolute Gasteiger partial charge is 0.251 e. The van der Waals surface area contributed by atoms with Crippen LogP contribution >= 0.6 is 0 Å². The molecule has 1 saturated carbocycles. The van der Waals surface area contributed by atoms with Crippen molar-refractivity contribution in [1.29, 1.82) is 0 Å². The van der Waals surface area contributed by atoms with E-state index in [1.54, 1.807) is 4.90 Å². The molecule has 5 rings (SSSR count). The first-order valence-electron chi connectivity index (χ1n) is 15.0. The van der Waals surface area contributed by atoms with Crippen LogP contribution in [0.4, 0.5) is 5.69 Å². The van der Waals surface area contributed by atoms with Crippen molar-refractivity contribution in [3.05, 3.63) is 29.8 Å². The topological polar surface area (TPSA) is 82.2 Å². The molecule has 214 valence electrons. The zero-order valence-electron chi connectivity index (χ0n) is 24.2. The first-order chi connectivity index (χ1) is 18.7. The highest BCUT2D eigenvalue weighted by atomic mass is 16.5. The predicted molar refractivity (Wildman–Crippen MR) is 152 cm³/mol. The number of benzene rings is 1. The predicted octanol–water partition coefficient (Wildman–Crippen LogP) is 3.35. The number of ketones is 1. The van der Waals surface area contributed by atoms with Crippen molar-refractivity contribution in [2.75, 3.05) is 50.8 Å². The molecule has 39 heavy (non-hydrogen) atoms. The third kappa shape index (κ3) is 5.87. The number of amides is 2. The lowest BCUT2D eigenvalue weighted by Gasteiger charge is -2.36. The largest absolute Gasteiger partial charge is 0.369 e. The van der Waals surface area contributed by atoms with Crippen LogP contribution in [0.25, 0.3) is 0 Å². The molecule has 0 spiro atoms. The monoisotopic (exact) mass is 538 g/mol. The van der Waals surface area contributed by atoms with Gasteiger partial charge in [-0.3, -0.25) is 19.3 Å². The van der Waals surface area contributed by atoms with Crippen molar-refractivity contribution in [2.24, 2.45) is 17.3 Å². The van der Waals surface area contributed by atoms with Gasteiger partial charge in [-0.1, -0.05) is 40.5 Å². The van der Waals surface area contributed by atoms with Crippen LogP contribution in [0.15, 0.2) is 24.3 Å². The van der Waals surface area contributed by atoms with Crippen LogP contribution in [0.2, 0.25) is 0 Å². The van der Waals surface area contributed by atoms with E-state index in [0.29, 0.717) is 12.1 Å². The van der Waals surface area contributed by atoms with E-state index in [0.717, 1.165) is 64.1 Å². The van der Waals surface area contributed by atoms with Crippen molar-refractivity contribution in [3.63, 3.8) is 0 Å². The molecule has 3 aliphatic heterocycles. The van der Waals surface area contributed by atoms with Gasteiger partial charge in [-0.2, -0.15) is 0 Å². The number of likely N-dealkylation sites (tertiary alicyclic amines) is 1. The number of anilines is 1. The molecule has 1 aromatic rings. The summed E-state index contributed by atoms with van der Waals surface area (Å²) in [6, 6.07) is 6.61. The molecule has 1 aromatic carbocycles. The Bertz CT molecular complexity index is 1040. The second-order valence-corrected chi connectivity index (χ2v) is 13.0. The fraction of sp³-hybridized carbons (Fsp3) is 0.710. The minimum atomic E-state index is -0.626. The van der Waals surface area contributed by atoms with E-state index in [-0.39, 0.29) is 47.6 Å². The fourth-order valence-corrected chi connectivity index (χ4v) is 7.09. The SMILES string of the molecule is CCCN1CCN(c2ccc(C(=O)N[C@H](C(=O)N3C[C@H](C(C)(C)C)[C@H]4OCC(=O)[C@H]43)C3CCCC3)cc2)CC1. The minimum absolute atomic E-state index is 0.0253. The molecule has 0 unspecified atom stereocenters. The van der Waals surface area contributed by atoms with Gasteiger partial charge in [0.2, 0.25) is 5.91 Å². The molecular formula is C31H46N4O4. The van der Waals surface area contributed by atoms with E-state index in [2.05, 4.69) is 42.8 Å². The van der Waals surface area contributed by atoms with Gasteiger partial charge in [-0.25, -0.2) is 0 Å². The Morgan fingerprint density at radius 3 is 2.33 bits per heavy atom. The van der Waals surface area contributed by atoms with E-state index in [9.17, 15) is 14.4 Å². The Hall–Kier alpha value is -2.45. The first-order valence-corrected chi connectivity index (χ1v) is 15.0. The molecule has 1 aliphatic carbocycles. The lowest BCUT2D eigenvalue weighted by Crippen LogP contribution is -2.54. The molecule has 3 saturated heterocycles. The molecule has 2 amide bonds. The standard InChI is InChI=1S/C31H46N4O4/c1-5-14-33-15-17-34(18-16-33)23-12-10-22(11-13-23)29(37)32-26(21-8-6-7-9-21)30(38)35-19-24(31(2,3)4)28-27(35)25(36)20-39-28/h10-13,21,24,26-28H,5-9,14-20H2,1-4H3,(H,32,37)/t24-,26-,27+,28+/m0/s1. The minimum Gasteiger partial charge on any atom is -0.369 e. The molecule has 0 bridgehead atoms. The molecule has 4 atom stereocenters. The number of nitrogens with zero attached hydrogens (tertiary/aromatic N) is 3. The normalized spacial score (nSPS) is 27.2. The van der Waals surface area contributed by atoms with Gasteiger partial charge in [0.25, 0.3) is 5.91 Å². The number of piperazine rings is 1. The van der Waals surface area contributed by atoms with Gasteiger partial charge in [-0.05, 0) is 61.4 Å². The van der Waals surface area contributed by atoms with E-state index >= 15 is 0 Å². The van der Waals surface area contributed by atoms with E-state index in [1.807, 2.05) is 24.3 Å². The molecule has 0 radical (unpaired) electrons. The Kier molecular flexibility index (Phi) is 8.34. The van der Waals surface area contributed by atoms with Gasteiger partial charge in [0.05, 0.1) is 6.10 Å². The van der Waals surface area contributed by atoms with E-state index in [4.69, 9.17) is 4.74 Å². The van der Waals surface area contributed by atoms with Crippen LogP contribution in [0.5, 0.6) is 0 Å². The summed E-state index contributed by atoms with van der Waals surface area (Å²) in [5, 5.41) is 3.12. The van der Waals surface area contributed by atoms with Gasteiger partial charge in [0, 0.05) is 49.9 Å². The summed E-state index contributed by atoms with van der Waals surface area (Å²) in [6.45, 7) is 14.4. The first kappa shape index (κ1) is 28.1. The van der Waals surface area contributed by atoms with Crippen molar-refractivity contribution >= 4 is 23.3 Å². The van der Waals surface area contributed by atoms with Gasteiger partial charge in [0.1, 0.15) is 18.7 Å². The number of Topliss-reactive ketones (excluding diaryl/α,β-unsaturated/α-hetero) is 1. The van der Waals surface area contributed by atoms with Crippen LogP contribution in [-0.4, -0.2) is 91.5 Å². The molecule has 8 heteroatoms. The van der Waals surface area contributed by atoms with Crippen LogP contribution in [0.1, 0.15) is 70.2 Å². The summed E-state index contributed by atoms with van der Waals surface area (Å²) in [5.74, 6) is -0.212. The van der Waals surface area contributed by atoms with Gasteiger partial charge in [-0.15, -0.1) is 0 Å². The summed E-state index contributed by atoms with van der Waals surface area (Å²) >= 11 is 0. The average molecular weight is 539 g/mol. The number of carbonyl (C=O) groups is 3. The Labute approximate surface area is 233 Å². The number of hydrogen-bond acceptors (Lipinski definition) is 6. The quantitative estimate of drug-likeness (QED) is 0.574. The maximum atomic E-state index is 14.1. The van der Waals surface area contributed by atoms with Crippen molar-refractivity contribution in [2.45, 2.75) is 78.0 Å². The number of fused-ring (bicyclic) bond motifs is 1. The fourth-order valence-electron chi connectivity index (χ4n) is 7.09. The zero-order chi connectivity index (χ0) is 27.7. The third-order valence-corrected chi connectivity index (χ3v) is 9.41. The Morgan fingerprint density at radius 2 is 1.72 bits per heavy atom. The van der Waals surface area contributed by atoms with Gasteiger partial charge in [0.15, 0.2) is 5.78 Å². The van der Waals surface area contributed by atoms with Crippen molar-refractivity contribution < 1.29 is 19.1 Å². The molecule has 0 aromatic heterocycles. The maximum Gasteiger partial charge on any atom is 0.251 e. The molecule has 3 heterocycles. The second kappa shape index (κ2) is 11.6. The van der Waals surface area contributed by atoms with Crippen LogP contribution in [0, 0.1) is 17.3 Å². The highest BCUT2D eigenvalue weighted by molar-refractivity contribution is 5.99. The van der Waals surface area contributed by atoms with E-state index in [1.165, 1.54) is 6.42 Å². The van der Waals surface area contributed by atoms with Gasteiger partial charge >= 0.3 is 0 Å². The molecule has 4 fully saturated rings. The van der Waals surface area contributed by atoms with Crippen molar-refractivity contribution in [1.82, 2.24) is 15.1 Å². The lowest BCUT2D eigenvalue weighted by atomic mass is 9.78. The summed E-state index contributed by atoms with van der Waals surface area (Å²) in [7, 11) is 0. The van der Waals surface area contributed by atoms with Crippen LogP contribution in [0.3, 0.4) is 0 Å². The number of rotatable bonds is 7. The molecule has 4 aliphatic rings. The average Bonchev–Trinajstić information content (AvgIpc) is 3.66. The summed E-state index contributed by atoms with van der Waals surface area (Å²) in [6.07, 6.45) is 4.85. The summed E-state index contributed by atoms with van der Waals surface area (Å²) in [5.41, 5.74) is 1.59. The second-order valence-electron chi connectivity index (χ2n) is 13.0. The molecule has 1 N–H and O–H groups in total. The molecule has 8 nitrogen and oxygen atoms in total. The Morgan fingerprint density at radius 1 is 1.05 bits per heavy atom. The molecular weight excluding hydrogens is 492 g/mol. The van der Waals surface area contributed by atoms with Crippen molar-refractivity contribution in [3.8, 4) is 0 Å². The van der Waals surface area contributed by atoms with Gasteiger partial charge < -0.3 is 19.9 Å². The number of carbonyl (C=O) groups excluding carboxylic acids is 3. The summed E-state index contributed by atoms with van der Waals surface area (Å²) in [4.78, 5) is 47.0. The summed E-state index contributed by atoms with van der Waals surface area (Å²) < 4.78 is 5.91. The Balaban J connectivity index is 1.29. The highest BCUT2D eigenvalue weighted by Gasteiger charge is 2.56. The van der Waals surface area contributed by atoms with Crippen LogP contribution in [-0.2, 0) is 14.3 Å². The number of ether oxygens (including phenoxy) is 1. The third-order valence-electron chi connectivity index (χ3n) is 9.41.